The minimum absolute atomic E-state index is 0.0183. The first kappa shape index (κ1) is 23.1. The minimum atomic E-state index is -4.57. The zero-order chi connectivity index (χ0) is 21.6. The summed E-state index contributed by atoms with van der Waals surface area (Å²) in [5.41, 5.74) is -0.898. The van der Waals surface area contributed by atoms with Gasteiger partial charge in [-0.05, 0) is 51.9 Å². The highest BCUT2D eigenvalue weighted by atomic mass is 19.4. The van der Waals surface area contributed by atoms with Crippen LogP contribution in [0.15, 0.2) is 12.1 Å². The number of pyridine rings is 1. The van der Waals surface area contributed by atoms with Gasteiger partial charge in [0.25, 0.3) is 5.91 Å². The van der Waals surface area contributed by atoms with Gasteiger partial charge < -0.3 is 9.64 Å². The largest absolute Gasteiger partial charge is 0.466 e. The number of amides is 1. The fourth-order valence-corrected chi connectivity index (χ4v) is 3.62. The number of esters is 1. The van der Waals surface area contributed by atoms with Crippen molar-refractivity contribution in [3.8, 4) is 0 Å². The lowest BCUT2D eigenvalue weighted by atomic mass is 10.1. The number of aromatic nitrogens is 1. The summed E-state index contributed by atoms with van der Waals surface area (Å²) in [6.45, 7) is 7.75. The highest BCUT2D eigenvalue weighted by Gasteiger charge is 2.34. The molecule has 1 atom stereocenters. The third kappa shape index (κ3) is 6.16. The molecule has 1 aliphatic rings. The van der Waals surface area contributed by atoms with Crippen LogP contribution in [0.25, 0.3) is 0 Å². The average Bonchev–Trinajstić information content (AvgIpc) is 3.11. The van der Waals surface area contributed by atoms with Gasteiger partial charge in [-0.3, -0.25) is 14.5 Å². The van der Waals surface area contributed by atoms with E-state index in [9.17, 15) is 22.8 Å². The highest BCUT2D eigenvalue weighted by Crippen LogP contribution is 2.28. The van der Waals surface area contributed by atoms with Crippen molar-refractivity contribution >= 4 is 11.9 Å². The fraction of sp³-hybridized carbons (Fsp3) is 0.650. The van der Waals surface area contributed by atoms with E-state index in [-0.39, 0.29) is 36.9 Å². The Morgan fingerprint density at radius 3 is 2.62 bits per heavy atom. The van der Waals surface area contributed by atoms with Crippen LogP contribution in [0.5, 0.6) is 0 Å². The molecule has 1 aliphatic heterocycles. The van der Waals surface area contributed by atoms with Crippen LogP contribution in [0.2, 0.25) is 0 Å². The van der Waals surface area contributed by atoms with E-state index in [1.54, 1.807) is 6.92 Å². The Kier molecular flexibility index (Phi) is 8.01. The van der Waals surface area contributed by atoms with E-state index in [4.69, 9.17) is 4.74 Å². The number of likely N-dealkylation sites (tertiary alicyclic amines) is 1. The molecule has 0 aliphatic carbocycles. The molecule has 0 N–H and O–H groups in total. The van der Waals surface area contributed by atoms with E-state index >= 15 is 0 Å². The minimum Gasteiger partial charge on any atom is -0.466 e. The van der Waals surface area contributed by atoms with Gasteiger partial charge in [-0.2, -0.15) is 13.2 Å². The van der Waals surface area contributed by atoms with Crippen molar-refractivity contribution < 1.29 is 27.5 Å². The van der Waals surface area contributed by atoms with Crippen molar-refractivity contribution in [1.82, 2.24) is 14.8 Å². The molecular formula is C20H28F3N3O3. The Labute approximate surface area is 169 Å². The number of nitrogens with zero attached hydrogens (tertiary/aromatic N) is 3. The second kappa shape index (κ2) is 10.0. The van der Waals surface area contributed by atoms with Crippen molar-refractivity contribution in [2.45, 2.75) is 52.3 Å². The number of ether oxygens (including phenoxy) is 1. The summed E-state index contributed by atoms with van der Waals surface area (Å²) in [5, 5.41) is 0. The molecular weight excluding hydrogens is 387 g/mol. The Morgan fingerprint density at radius 2 is 2.03 bits per heavy atom. The number of likely N-dealkylation sites (N-methyl/N-ethyl adjacent to an activating group) is 1. The van der Waals surface area contributed by atoms with Crippen LogP contribution in [0.3, 0.4) is 0 Å². The van der Waals surface area contributed by atoms with Crippen molar-refractivity contribution in [3.05, 3.63) is 29.1 Å². The van der Waals surface area contributed by atoms with Crippen LogP contribution < -0.4 is 0 Å². The molecule has 0 saturated carbocycles. The molecule has 2 rings (SSSR count). The second-order valence-corrected chi connectivity index (χ2v) is 7.06. The smallest absolute Gasteiger partial charge is 0.433 e. The molecule has 0 radical (unpaired) electrons. The van der Waals surface area contributed by atoms with Gasteiger partial charge in [0.15, 0.2) is 0 Å². The number of rotatable bonds is 8. The Hall–Kier alpha value is -2.16. The van der Waals surface area contributed by atoms with Gasteiger partial charge in [0.1, 0.15) is 5.69 Å². The maximum Gasteiger partial charge on any atom is 0.433 e. The lowest BCUT2D eigenvalue weighted by molar-refractivity contribution is -0.143. The third-order valence-electron chi connectivity index (χ3n) is 5.12. The van der Waals surface area contributed by atoms with Crippen molar-refractivity contribution in [2.24, 2.45) is 0 Å². The normalized spacial score (nSPS) is 17.4. The molecule has 29 heavy (non-hydrogen) atoms. The number of hydrogen-bond acceptors (Lipinski definition) is 5. The van der Waals surface area contributed by atoms with Crippen molar-refractivity contribution in [1.29, 1.82) is 0 Å². The van der Waals surface area contributed by atoms with E-state index < -0.39 is 23.7 Å². The van der Waals surface area contributed by atoms with Gasteiger partial charge in [0.05, 0.1) is 24.3 Å². The van der Waals surface area contributed by atoms with Crippen LogP contribution in [0, 0.1) is 6.92 Å². The van der Waals surface area contributed by atoms with Crippen LogP contribution in [-0.4, -0.2) is 65.5 Å². The number of alkyl halides is 3. The molecule has 1 saturated heterocycles. The lowest BCUT2D eigenvalue weighted by Crippen LogP contribution is -2.44. The molecule has 0 aromatic carbocycles. The zero-order valence-electron chi connectivity index (χ0n) is 17.1. The molecule has 6 nitrogen and oxygen atoms in total. The van der Waals surface area contributed by atoms with Crippen LogP contribution >= 0.6 is 0 Å². The number of hydrogen-bond donors (Lipinski definition) is 0. The van der Waals surface area contributed by atoms with E-state index in [1.165, 1.54) is 11.8 Å². The molecule has 9 heteroatoms. The standard InChI is InChI=1S/C20H28F3N3O3/c1-4-25-11-6-7-15(25)13-26(12-10-18(27)29-5-2)19(28)16-8-9-17(20(21,22)23)24-14(16)3/h8-9,15H,4-7,10-13H2,1-3H3. The highest BCUT2D eigenvalue weighted by molar-refractivity contribution is 5.95. The van der Waals surface area contributed by atoms with E-state index in [0.29, 0.717) is 6.54 Å². The molecule has 2 heterocycles. The Morgan fingerprint density at radius 1 is 1.31 bits per heavy atom. The quantitative estimate of drug-likeness (QED) is 0.610. The second-order valence-electron chi connectivity index (χ2n) is 7.06. The van der Waals surface area contributed by atoms with Crippen LogP contribution in [-0.2, 0) is 15.7 Å². The molecule has 1 unspecified atom stereocenters. The molecule has 1 amide bonds. The lowest BCUT2D eigenvalue weighted by Gasteiger charge is -2.30. The van der Waals surface area contributed by atoms with Crippen molar-refractivity contribution in [2.75, 3.05) is 32.8 Å². The molecule has 0 spiro atoms. The van der Waals surface area contributed by atoms with E-state index in [0.717, 1.165) is 38.1 Å². The van der Waals surface area contributed by atoms with E-state index in [1.807, 2.05) is 6.92 Å². The van der Waals surface area contributed by atoms with Crippen molar-refractivity contribution in [3.63, 3.8) is 0 Å². The monoisotopic (exact) mass is 415 g/mol. The predicted octanol–water partition coefficient (Wildman–Crippen LogP) is 3.29. The molecule has 0 bridgehead atoms. The van der Waals surface area contributed by atoms with Crippen LogP contribution in [0.1, 0.15) is 54.9 Å². The molecule has 1 fully saturated rings. The topological polar surface area (TPSA) is 62.7 Å². The van der Waals surface area contributed by atoms with Gasteiger partial charge in [-0.15, -0.1) is 0 Å². The summed E-state index contributed by atoms with van der Waals surface area (Å²) < 4.78 is 43.6. The number of halogens is 3. The first-order chi connectivity index (χ1) is 13.7. The number of carbonyl (C=O) groups excluding carboxylic acids is 2. The third-order valence-corrected chi connectivity index (χ3v) is 5.12. The first-order valence-electron chi connectivity index (χ1n) is 9.91. The maximum absolute atomic E-state index is 13.1. The summed E-state index contributed by atoms with van der Waals surface area (Å²) in [6, 6.07) is 2.14. The van der Waals surface area contributed by atoms with Gasteiger partial charge in [0.2, 0.25) is 0 Å². The van der Waals surface area contributed by atoms with Gasteiger partial charge in [-0.25, -0.2) is 4.98 Å². The number of carbonyl (C=O) groups is 2. The zero-order valence-corrected chi connectivity index (χ0v) is 17.1. The van der Waals surface area contributed by atoms with E-state index in [2.05, 4.69) is 9.88 Å². The predicted molar refractivity (Wildman–Crippen MR) is 101 cm³/mol. The summed E-state index contributed by atoms with van der Waals surface area (Å²) in [4.78, 5) is 32.3. The summed E-state index contributed by atoms with van der Waals surface area (Å²) in [7, 11) is 0. The van der Waals surface area contributed by atoms with Crippen LogP contribution in [0.4, 0.5) is 13.2 Å². The summed E-state index contributed by atoms with van der Waals surface area (Å²) in [5.74, 6) is -0.831. The number of aryl methyl sites for hydroxylation is 1. The maximum atomic E-state index is 13.1. The molecule has 1 aromatic rings. The average molecular weight is 415 g/mol. The molecule has 1 aromatic heterocycles. The summed E-state index contributed by atoms with van der Waals surface area (Å²) in [6.07, 6.45) is -2.58. The van der Waals surface area contributed by atoms with Gasteiger partial charge in [-0.1, -0.05) is 6.92 Å². The van der Waals surface area contributed by atoms with Gasteiger partial charge in [0, 0.05) is 19.1 Å². The Bertz CT molecular complexity index is 725. The fourth-order valence-electron chi connectivity index (χ4n) is 3.62. The molecule has 162 valence electrons. The first-order valence-corrected chi connectivity index (χ1v) is 9.91. The van der Waals surface area contributed by atoms with Gasteiger partial charge >= 0.3 is 12.1 Å². The summed E-state index contributed by atoms with van der Waals surface area (Å²) >= 11 is 0. The SMILES string of the molecule is CCOC(=O)CCN(CC1CCCN1CC)C(=O)c1ccc(C(F)(F)F)nc1C. The Balaban J connectivity index is 2.22.